The first-order chi connectivity index (χ1) is 9.62. The number of nitrogens with zero attached hydrogens (tertiary/aromatic N) is 2. The number of rotatable bonds is 3. The summed E-state index contributed by atoms with van der Waals surface area (Å²) in [5.41, 5.74) is 0.940. The molecular weight excluding hydrogens is 274 g/mol. The Bertz CT molecular complexity index is 701. The van der Waals surface area contributed by atoms with E-state index in [0.29, 0.717) is 18.1 Å². The van der Waals surface area contributed by atoms with E-state index in [9.17, 15) is 8.42 Å². The number of hydrogen-bond donors (Lipinski definition) is 1. The Kier molecular flexibility index (Phi) is 3.40. The average molecular weight is 289 g/mol. The summed E-state index contributed by atoms with van der Waals surface area (Å²) in [5, 5.41) is 3.18. The van der Waals surface area contributed by atoms with Crippen LogP contribution in [0.2, 0.25) is 0 Å². The van der Waals surface area contributed by atoms with Crippen molar-refractivity contribution in [3.8, 4) is 11.4 Å². The molecule has 1 atom stereocenters. The first-order valence-electron chi connectivity index (χ1n) is 6.48. The van der Waals surface area contributed by atoms with Crippen LogP contribution in [0.1, 0.15) is 6.42 Å². The summed E-state index contributed by atoms with van der Waals surface area (Å²) >= 11 is 0. The fourth-order valence-electron chi connectivity index (χ4n) is 2.28. The lowest BCUT2D eigenvalue weighted by molar-refractivity contribution is 0.602. The molecule has 1 aromatic heterocycles. The van der Waals surface area contributed by atoms with Crippen LogP contribution in [0.4, 0.5) is 5.82 Å². The zero-order chi connectivity index (χ0) is 14.0. The van der Waals surface area contributed by atoms with Crippen LogP contribution in [-0.4, -0.2) is 35.9 Å². The summed E-state index contributed by atoms with van der Waals surface area (Å²) in [6, 6.07) is 11.4. The van der Waals surface area contributed by atoms with Gasteiger partial charge in [-0.25, -0.2) is 18.4 Å². The predicted octanol–water partition coefficient (Wildman–Crippen LogP) is 1.74. The Balaban J connectivity index is 1.79. The van der Waals surface area contributed by atoms with Gasteiger partial charge in [-0.15, -0.1) is 0 Å². The molecule has 1 aromatic carbocycles. The summed E-state index contributed by atoms with van der Waals surface area (Å²) in [6.45, 7) is 0. The van der Waals surface area contributed by atoms with Crippen molar-refractivity contribution < 1.29 is 8.42 Å². The molecule has 0 spiro atoms. The maximum absolute atomic E-state index is 11.4. The third kappa shape index (κ3) is 2.96. The van der Waals surface area contributed by atoms with Gasteiger partial charge < -0.3 is 5.32 Å². The van der Waals surface area contributed by atoms with Gasteiger partial charge in [0.25, 0.3) is 0 Å². The third-order valence-corrected chi connectivity index (χ3v) is 5.04. The van der Waals surface area contributed by atoms with Gasteiger partial charge in [0.2, 0.25) is 0 Å². The Morgan fingerprint density at radius 1 is 1.15 bits per heavy atom. The highest BCUT2D eigenvalue weighted by Crippen LogP contribution is 2.19. The number of hydrogen-bond acceptors (Lipinski definition) is 5. The van der Waals surface area contributed by atoms with Gasteiger partial charge in [0.1, 0.15) is 5.82 Å². The highest BCUT2D eigenvalue weighted by atomic mass is 32.2. The second kappa shape index (κ2) is 5.20. The molecule has 0 radical (unpaired) electrons. The number of anilines is 1. The lowest BCUT2D eigenvalue weighted by atomic mass is 10.2. The van der Waals surface area contributed by atoms with Gasteiger partial charge >= 0.3 is 0 Å². The first-order valence-corrected chi connectivity index (χ1v) is 8.30. The zero-order valence-corrected chi connectivity index (χ0v) is 11.7. The van der Waals surface area contributed by atoms with Crippen molar-refractivity contribution in [3.63, 3.8) is 0 Å². The predicted molar refractivity (Wildman–Crippen MR) is 78.1 cm³/mol. The van der Waals surface area contributed by atoms with E-state index >= 15 is 0 Å². The highest BCUT2D eigenvalue weighted by molar-refractivity contribution is 7.91. The lowest BCUT2D eigenvalue weighted by Crippen LogP contribution is -2.21. The topological polar surface area (TPSA) is 72.0 Å². The Morgan fingerprint density at radius 3 is 2.65 bits per heavy atom. The molecule has 1 aliphatic rings. The summed E-state index contributed by atoms with van der Waals surface area (Å²) in [7, 11) is -2.88. The standard InChI is InChI=1S/C14H15N3O2S/c18-20(19)9-7-12(10-20)16-13-6-8-15-14(17-13)11-4-2-1-3-5-11/h1-6,8,12H,7,9-10H2,(H,15,16,17)/t12-/m0/s1. The van der Waals surface area contributed by atoms with Crippen LogP contribution < -0.4 is 5.32 Å². The maximum Gasteiger partial charge on any atom is 0.161 e. The monoisotopic (exact) mass is 289 g/mol. The molecule has 0 aliphatic carbocycles. The molecule has 0 bridgehead atoms. The number of sulfone groups is 1. The molecule has 1 fully saturated rings. The van der Waals surface area contributed by atoms with Crippen molar-refractivity contribution in [3.05, 3.63) is 42.6 Å². The van der Waals surface area contributed by atoms with Crippen LogP contribution in [-0.2, 0) is 9.84 Å². The van der Waals surface area contributed by atoms with Crippen molar-refractivity contribution in [1.82, 2.24) is 9.97 Å². The van der Waals surface area contributed by atoms with Crippen molar-refractivity contribution in [1.29, 1.82) is 0 Å². The van der Waals surface area contributed by atoms with Crippen molar-refractivity contribution in [2.24, 2.45) is 0 Å². The third-order valence-electron chi connectivity index (χ3n) is 3.27. The van der Waals surface area contributed by atoms with Gasteiger partial charge in [-0.1, -0.05) is 30.3 Å². The SMILES string of the molecule is O=S1(=O)CC[C@H](Nc2ccnc(-c3ccccc3)n2)C1. The molecule has 104 valence electrons. The molecule has 0 unspecified atom stereocenters. The minimum absolute atomic E-state index is 0.0569. The molecule has 0 saturated carbocycles. The van der Waals surface area contributed by atoms with E-state index in [0.717, 1.165) is 5.56 Å². The Labute approximate surface area is 118 Å². The van der Waals surface area contributed by atoms with Crippen molar-refractivity contribution >= 4 is 15.7 Å². The first kappa shape index (κ1) is 13.1. The van der Waals surface area contributed by atoms with Crippen LogP contribution in [0, 0.1) is 0 Å². The summed E-state index contributed by atoms with van der Waals surface area (Å²) in [5.74, 6) is 1.73. The highest BCUT2D eigenvalue weighted by Gasteiger charge is 2.27. The van der Waals surface area contributed by atoms with Crippen LogP contribution in [0.5, 0.6) is 0 Å². The molecule has 3 rings (SSSR count). The molecule has 5 nitrogen and oxygen atoms in total. The minimum Gasteiger partial charge on any atom is -0.366 e. The molecule has 0 amide bonds. The Hall–Kier alpha value is -1.95. The van der Waals surface area contributed by atoms with Gasteiger partial charge in [-0.2, -0.15) is 0 Å². The average Bonchev–Trinajstić information content (AvgIpc) is 2.79. The smallest absolute Gasteiger partial charge is 0.161 e. The summed E-state index contributed by atoms with van der Waals surface area (Å²) in [4.78, 5) is 8.68. The van der Waals surface area contributed by atoms with E-state index < -0.39 is 9.84 Å². The number of aromatic nitrogens is 2. The van der Waals surface area contributed by atoms with Crippen molar-refractivity contribution in [2.75, 3.05) is 16.8 Å². The van der Waals surface area contributed by atoms with E-state index in [1.54, 1.807) is 12.3 Å². The summed E-state index contributed by atoms with van der Waals surface area (Å²) < 4.78 is 22.9. The maximum atomic E-state index is 11.4. The minimum atomic E-state index is -2.88. The van der Waals surface area contributed by atoms with Gasteiger partial charge in [-0.3, -0.25) is 0 Å². The largest absolute Gasteiger partial charge is 0.366 e. The van der Waals surface area contributed by atoms with Crippen molar-refractivity contribution in [2.45, 2.75) is 12.5 Å². The molecule has 6 heteroatoms. The second-order valence-electron chi connectivity index (χ2n) is 4.88. The Morgan fingerprint density at radius 2 is 1.95 bits per heavy atom. The fraction of sp³-hybridized carbons (Fsp3) is 0.286. The number of nitrogens with one attached hydrogen (secondary N) is 1. The van der Waals surface area contributed by atoms with Gasteiger partial charge in [0.05, 0.1) is 11.5 Å². The van der Waals surface area contributed by atoms with Crippen LogP contribution in [0.15, 0.2) is 42.6 Å². The molecular formula is C14H15N3O2S. The normalized spacial score (nSPS) is 20.7. The van der Waals surface area contributed by atoms with Gasteiger partial charge in [-0.05, 0) is 12.5 Å². The fourth-order valence-corrected chi connectivity index (χ4v) is 3.96. The molecule has 1 N–H and O–H groups in total. The molecule has 1 saturated heterocycles. The van der Waals surface area contributed by atoms with Gasteiger partial charge in [0, 0.05) is 17.8 Å². The van der Waals surface area contributed by atoms with E-state index in [4.69, 9.17) is 0 Å². The zero-order valence-electron chi connectivity index (χ0n) is 10.9. The van der Waals surface area contributed by atoms with Gasteiger partial charge in [0.15, 0.2) is 15.7 Å². The quantitative estimate of drug-likeness (QED) is 0.932. The van der Waals surface area contributed by atoms with Crippen LogP contribution in [0.25, 0.3) is 11.4 Å². The number of benzene rings is 1. The second-order valence-corrected chi connectivity index (χ2v) is 7.10. The molecule has 2 heterocycles. The van der Waals surface area contributed by atoms with Crippen LogP contribution in [0.3, 0.4) is 0 Å². The molecule has 20 heavy (non-hydrogen) atoms. The summed E-state index contributed by atoms with van der Waals surface area (Å²) in [6.07, 6.45) is 2.31. The lowest BCUT2D eigenvalue weighted by Gasteiger charge is -2.11. The van der Waals surface area contributed by atoms with E-state index in [2.05, 4.69) is 15.3 Å². The molecule has 1 aliphatic heterocycles. The van der Waals surface area contributed by atoms with Crippen LogP contribution >= 0.6 is 0 Å². The van der Waals surface area contributed by atoms with E-state index in [-0.39, 0.29) is 17.5 Å². The van der Waals surface area contributed by atoms with E-state index in [1.807, 2.05) is 30.3 Å². The molecule has 2 aromatic rings. The van der Waals surface area contributed by atoms with E-state index in [1.165, 1.54) is 0 Å².